The highest BCUT2D eigenvalue weighted by Gasteiger charge is 2.47. The van der Waals surface area contributed by atoms with E-state index in [4.69, 9.17) is 0 Å². The van der Waals surface area contributed by atoms with Gasteiger partial charge in [-0.25, -0.2) is 0 Å². The second kappa shape index (κ2) is 5.76. The van der Waals surface area contributed by atoms with Gasteiger partial charge in [0.1, 0.15) is 17.3 Å². The monoisotopic (exact) mass is 290 g/mol. The van der Waals surface area contributed by atoms with Gasteiger partial charge < -0.3 is 15.3 Å². The fraction of sp³-hybridized carbons (Fsp3) is 0.500. The van der Waals surface area contributed by atoms with Gasteiger partial charge in [0.2, 0.25) is 11.8 Å². The number of phenolic OH excluding ortho intramolecular Hbond substituents is 1. The maximum atomic E-state index is 12.8. The molecule has 2 amide bonds. The van der Waals surface area contributed by atoms with Crippen molar-refractivity contribution < 1.29 is 14.7 Å². The predicted molar refractivity (Wildman–Crippen MR) is 79.6 cm³/mol. The number of amides is 2. The normalized spacial score (nSPS) is 21.3. The first-order valence-corrected chi connectivity index (χ1v) is 7.34. The van der Waals surface area contributed by atoms with Crippen molar-refractivity contribution in [3.63, 3.8) is 0 Å². The Morgan fingerprint density at radius 3 is 2.52 bits per heavy atom. The van der Waals surface area contributed by atoms with Gasteiger partial charge in [-0.05, 0) is 37.5 Å². The van der Waals surface area contributed by atoms with Crippen molar-refractivity contribution in [3.8, 4) is 5.75 Å². The molecular weight excluding hydrogens is 268 g/mol. The average Bonchev–Trinajstić information content (AvgIpc) is 2.48. The quantitative estimate of drug-likeness (QED) is 0.888. The standard InChI is InChI=1S/C16H22N2O3/c1-4-16(5-2)15(21)18(11(3)14(20)17-16)10-12-7-6-8-13(19)9-12/h6-9,11,19H,4-5,10H2,1-3H3,(H,17,20). The van der Waals surface area contributed by atoms with Crippen LogP contribution < -0.4 is 5.32 Å². The molecule has 0 radical (unpaired) electrons. The predicted octanol–water partition coefficient (Wildman–Crippen LogP) is 1.80. The number of rotatable bonds is 4. The molecule has 1 atom stereocenters. The van der Waals surface area contributed by atoms with Crippen LogP contribution in [0.25, 0.3) is 0 Å². The molecule has 5 heteroatoms. The molecule has 0 bridgehead atoms. The van der Waals surface area contributed by atoms with E-state index in [2.05, 4.69) is 5.32 Å². The topological polar surface area (TPSA) is 69.6 Å². The second-order valence-corrected chi connectivity index (χ2v) is 5.56. The minimum Gasteiger partial charge on any atom is -0.508 e. The number of aromatic hydroxyl groups is 1. The third kappa shape index (κ3) is 2.73. The molecule has 1 aromatic carbocycles. The molecule has 2 rings (SSSR count). The first-order chi connectivity index (χ1) is 9.93. The van der Waals surface area contributed by atoms with Crippen molar-refractivity contribution in [2.45, 2.75) is 51.7 Å². The highest BCUT2D eigenvalue weighted by Crippen LogP contribution is 2.26. The summed E-state index contributed by atoms with van der Waals surface area (Å²) in [4.78, 5) is 26.6. The third-order valence-electron chi connectivity index (χ3n) is 4.35. The van der Waals surface area contributed by atoms with Crippen LogP contribution in [0.4, 0.5) is 0 Å². The maximum absolute atomic E-state index is 12.8. The molecule has 0 aliphatic carbocycles. The first-order valence-electron chi connectivity index (χ1n) is 7.34. The Morgan fingerprint density at radius 2 is 1.95 bits per heavy atom. The first kappa shape index (κ1) is 15.4. The van der Waals surface area contributed by atoms with E-state index in [1.165, 1.54) is 0 Å². The van der Waals surface area contributed by atoms with Crippen LogP contribution in [-0.2, 0) is 16.1 Å². The molecule has 0 spiro atoms. The zero-order chi connectivity index (χ0) is 15.6. The van der Waals surface area contributed by atoms with Gasteiger partial charge in [0.25, 0.3) is 0 Å². The highest BCUT2D eigenvalue weighted by molar-refractivity contribution is 5.99. The Morgan fingerprint density at radius 1 is 1.29 bits per heavy atom. The van der Waals surface area contributed by atoms with Crippen molar-refractivity contribution in [3.05, 3.63) is 29.8 Å². The number of phenols is 1. The molecule has 1 aliphatic rings. The molecule has 1 aromatic rings. The smallest absolute Gasteiger partial charge is 0.249 e. The fourth-order valence-corrected chi connectivity index (χ4v) is 2.78. The SMILES string of the molecule is CCC1(CC)NC(=O)C(C)N(Cc2cccc(O)c2)C1=O. The number of carbonyl (C=O) groups excluding carboxylic acids is 2. The summed E-state index contributed by atoms with van der Waals surface area (Å²) in [6, 6.07) is 6.26. The largest absolute Gasteiger partial charge is 0.508 e. The summed E-state index contributed by atoms with van der Waals surface area (Å²) in [5.74, 6) is -0.0206. The Kier molecular flexibility index (Phi) is 4.21. The van der Waals surface area contributed by atoms with Crippen LogP contribution in [0, 0.1) is 0 Å². The Balaban J connectivity index is 2.31. The fourth-order valence-electron chi connectivity index (χ4n) is 2.78. The molecule has 2 N–H and O–H groups in total. The summed E-state index contributed by atoms with van der Waals surface area (Å²) in [7, 11) is 0. The van der Waals surface area contributed by atoms with Crippen molar-refractivity contribution in [1.82, 2.24) is 10.2 Å². The minimum atomic E-state index is -0.805. The lowest BCUT2D eigenvalue weighted by Gasteiger charge is -2.44. The number of benzene rings is 1. The van der Waals surface area contributed by atoms with Gasteiger partial charge in [-0.15, -0.1) is 0 Å². The molecule has 5 nitrogen and oxygen atoms in total. The lowest BCUT2D eigenvalue weighted by Crippen LogP contribution is -2.69. The van der Waals surface area contributed by atoms with Crippen molar-refractivity contribution in [2.75, 3.05) is 0 Å². The number of nitrogens with zero attached hydrogens (tertiary/aromatic N) is 1. The van der Waals surface area contributed by atoms with Crippen molar-refractivity contribution >= 4 is 11.8 Å². The summed E-state index contributed by atoms with van der Waals surface area (Å²) in [6.45, 7) is 5.86. The molecule has 1 fully saturated rings. The zero-order valence-corrected chi connectivity index (χ0v) is 12.7. The van der Waals surface area contributed by atoms with E-state index in [9.17, 15) is 14.7 Å². The Hall–Kier alpha value is -2.04. The van der Waals surface area contributed by atoms with Gasteiger partial charge in [0, 0.05) is 6.54 Å². The van der Waals surface area contributed by atoms with Gasteiger partial charge in [-0.3, -0.25) is 9.59 Å². The third-order valence-corrected chi connectivity index (χ3v) is 4.35. The molecule has 1 saturated heterocycles. The van der Waals surface area contributed by atoms with E-state index in [1.54, 1.807) is 30.0 Å². The van der Waals surface area contributed by atoms with Crippen LogP contribution in [-0.4, -0.2) is 33.4 Å². The van der Waals surface area contributed by atoms with Crippen LogP contribution in [0.1, 0.15) is 39.2 Å². The molecule has 1 aliphatic heterocycles. The number of hydrogen-bond acceptors (Lipinski definition) is 3. The van der Waals surface area contributed by atoms with Crippen LogP contribution in [0.3, 0.4) is 0 Å². The van der Waals surface area contributed by atoms with Gasteiger partial charge in [0.15, 0.2) is 0 Å². The zero-order valence-electron chi connectivity index (χ0n) is 12.7. The van der Waals surface area contributed by atoms with E-state index in [0.717, 1.165) is 5.56 Å². The summed E-state index contributed by atoms with van der Waals surface area (Å²) in [6.07, 6.45) is 1.13. The average molecular weight is 290 g/mol. The van der Waals surface area contributed by atoms with Gasteiger partial charge >= 0.3 is 0 Å². The molecule has 0 saturated carbocycles. The molecule has 114 valence electrons. The van der Waals surface area contributed by atoms with E-state index in [1.807, 2.05) is 19.9 Å². The molecule has 1 unspecified atom stereocenters. The molecule has 0 aromatic heterocycles. The lowest BCUT2D eigenvalue weighted by molar-refractivity contribution is -0.155. The van der Waals surface area contributed by atoms with E-state index in [-0.39, 0.29) is 17.6 Å². The second-order valence-electron chi connectivity index (χ2n) is 5.56. The van der Waals surface area contributed by atoms with Crippen molar-refractivity contribution in [2.24, 2.45) is 0 Å². The van der Waals surface area contributed by atoms with Crippen LogP contribution >= 0.6 is 0 Å². The summed E-state index contributed by atoms with van der Waals surface area (Å²) in [5, 5.41) is 12.4. The van der Waals surface area contributed by atoms with Crippen LogP contribution in [0.2, 0.25) is 0 Å². The molecule has 21 heavy (non-hydrogen) atoms. The number of nitrogens with one attached hydrogen (secondary N) is 1. The van der Waals surface area contributed by atoms with E-state index in [0.29, 0.717) is 19.4 Å². The molecular formula is C16H22N2O3. The molecule has 1 heterocycles. The number of hydrogen-bond donors (Lipinski definition) is 2. The summed E-state index contributed by atoms with van der Waals surface area (Å²) in [5.41, 5.74) is 0.00598. The van der Waals surface area contributed by atoms with Crippen LogP contribution in [0.5, 0.6) is 5.75 Å². The highest BCUT2D eigenvalue weighted by atomic mass is 16.3. The minimum absolute atomic E-state index is 0.0528. The Labute approximate surface area is 125 Å². The lowest BCUT2D eigenvalue weighted by atomic mass is 9.87. The summed E-state index contributed by atoms with van der Waals surface area (Å²) < 4.78 is 0. The van der Waals surface area contributed by atoms with Gasteiger partial charge in [0.05, 0.1) is 0 Å². The maximum Gasteiger partial charge on any atom is 0.249 e. The van der Waals surface area contributed by atoms with E-state index < -0.39 is 11.6 Å². The van der Waals surface area contributed by atoms with Gasteiger partial charge in [-0.1, -0.05) is 26.0 Å². The van der Waals surface area contributed by atoms with E-state index >= 15 is 0 Å². The van der Waals surface area contributed by atoms with Gasteiger partial charge in [-0.2, -0.15) is 0 Å². The van der Waals surface area contributed by atoms with Crippen molar-refractivity contribution in [1.29, 1.82) is 0 Å². The number of piperazine rings is 1. The van der Waals surface area contributed by atoms with Crippen LogP contribution in [0.15, 0.2) is 24.3 Å². The Bertz CT molecular complexity index is 552. The summed E-state index contributed by atoms with van der Waals surface area (Å²) >= 11 is 0. The number of carbonyl (C=O) groups is 2.